The lowest BCUT2D eigenvalue weighted by Gasteiger charge is -2.44. The van der Waals surface area contributed by atoms with Crippen LogP contribution in [0.25, 0.3) is 10.9 Å². The molecule has 0 radical (unpaired) electrons. The minimum Gasteiger partial charge on any atom is -0.344 e. The molecule has 1 saturated heterocycles. The van der Waals surface area contributed by atoms with Gasteiger partial charge in [0.25, 0.3) is 0 Å². The van der Waals surface area contributed by atoms with E-state index in [4.69, 9.17) is 0 Å². The molecule has 1 aromatic heterocycles. The zero-order valence-corrected chi connectivity index (χ0v) is 14.5. The third kappa shape index (κ3) is 2.04. The highest BCUT2D eigenvalue weighted by Gasteiger charge is 2.38. The standard InChI is InChI=1S/C21H28N2/c1-14-10-18-17-8-5-9-19-21(17)15(11-20(18)22(2)12-14)13-23(19)16-6-3-4-7-16/h5,8-9,13-14,16,18,20H,3-4,6-7,10-12H2,1-2H3/t14-,18?,20-/m1/s1. The van der Waals surface area contributed by atoms with Gasteiger partial charge in [-0.1, -0.05) is 31.9 Å². The summed E-state index contributed by atoms with van der Waals surface area (Å²) in [5.74, 6) is 1.55. The Morgan fingerprint density at radius 2 is 1.96 bits per heavy atom. The van der Waals surface area contributed by atoms with Gasteiger partial charge in [-0.05, 0) is 55.8 Å². The van der Waals surface area contributed by atoms with Gasteiger partial charge in [0.2, 0.25) is 0 Å². The first-order valence-electron chi connectivity index (χ1n) is 9.55. The van der Waals surface area contributed by atoms with Gasteiger partial charge in [-0.2, -0.15) is 0 Å². The quantitative estimate of drug-likeness (QED) is 0.739. The predicted octanol–water partition coefficient (Wildman–Crippen LogP) is 4.74. The van der Waals surface area contributed by atoms with Crippen molar-refractivity contribution in [1.82, 2.24) is 9.47 Å². The zero-order chi connectivity index (χ0) is 15.6. The number of hydrogen-bond donors (Lipinski definition) is 0. The molecule has 0 amide bonds. The molecule has 0 bridgehead atoms. The maximum absolute atomic E-state index is 2.64. The van der Waals surface area contributed by atoms with Gasteiger partial charge in [-0.3, -0.25) is 0 Å². The number of nitrogens with zero attached hydrogens (tertiary/aromatic N) is 2. The summed E-state index contributed by atoms with van der Waals surface area (Å²) in [4.78, 5) is 2.63. The summed E-state index contributed by atoms with van der Waals surface area (Å²) < 4.78 is 2.64. The van der Waals surface area contributed by atoms with Crippen molar-refractivity contribution in [3.05, 3.63) is 35.5 Å². The molecule has 122 valence electrons. The largest absolute Gasteiger partial charge is 0.344 e. The van der Waals surface area contributed by atoms with Crippen LogP contribution in [-0.4, -0.2) is 29.1 Å². The number of hydrogen-bond acceptors (Lipinski definition) is 1. The number of fused-ring (bicyclic) bond motifs is 2. The number of likely N-dealkylation sites (tertiary alicyclic amines) is 1. The third-order valence-electron chi connectivity index (χ3n) is 6.80. The first kappa shape index (κ1) is 14.1. The molecule has 0 spiro atoms. The van der Waals surface area contributed by atoms with Crippen molar-refractivity contribution in [3.63, 3.8) is 0 Å². The van der Waals surface area contributed by atoms with Crippen LogP contribution in [0.1, 0.15) is 62.1 Å². The van der Waals surface area contributed by atoms with E-state index in [0.29, 0.717) is 6.04 Å². The van der Waals surface area contributed by atoms with E-state index in [9.17, 15) is 0 Å². The van der Waals surface area contributed by atoms with Crippen molar-refractivity contribution in [1.29, 1.82) is 0 Å². The molecule has 2 heteroatoms. The second-order valence-corrected chi connectivity index (χ2v) is 8.40. The summed E-state index contributed by atoms with van der Waals surface area (Å²) in [7, 11) is 2.34. The van der Waals surface area contributed by atoms with E-state index in [1.165, 1.54) is 50.6 Å². The van der Waals surface area contributed by atoms with Crippen LogP contribution in [0.2, 0.25) is 0 Å². The molecule has 1 aromatic carbocycles. The monoisotopic (exact) mass is 308 g/mol. The molecule has 1 aliphatic heterocycles. The molecular weight excluding hydrogens is 280 g/mol. The van der Waals surface area contributed by atoms with Crippen molar-refractivity contribution in [2.24, 2.45) is 5.92 Å². The highest BCUT2D eigenvalue weighted by molar-refractivity contribution is 5.89. The SMILES string of the molecule is C[C@@H]1CC2c3cccc4c3c(cn4C3CCCC3)C[C@H]2N(C)C1. The van der Waals surface area contributed by atoms with E-state index in [-0.39, 0.29) is 0 Å². The second kappa shape index (κ2) is 5.11. The lowest BCUT2D eigenvalue weighted by molar-refractivity contribution is 0.119. The topological polar surface area (TPSA) is 8.17 Å². The summed E-state index contributed by atoms with van der Waals surface area (Å²) in [6.07, 6.45) is 10.7. The van der Waals surface area contributed by atoms with E-state index >= 15 is 0 Å². The van der Waals surface area contributed by atoms with E-state index in [2.05, 4.69) is 47.8 Å². The molecule has 23 heavy (non-hydrogen) atoms. The highest BCUT2D eigenvalue weighted by atomic mass is 15.1. The van der Waals surface area contributed by atoms with E-state index in [1.807, 2.05) is 0 Å². The summed E-state index contributed by atoms with van der Waals surface area (Å²) >= 11 is 0. The fourth-order valence-electron chi connectivity index (χ4n) is 5.83. The average Bonchev–Trinajstić information content (AvgIpc) is 3.17. The van der Waals surface area contributed by atoms with Crippen molar-refractivity contribution in [3.8, 4) is 0 Å². The average molecular weight is 308 g/mol. The van der Waals surface area contributed by atoms with E-state index in [1.54, 1.807) is 16.5 Å². The zero-order valence-electron chi connectivity index (χ0n) is 14.5. The number of benzene rings is 1. The van der Waals surface area contributed by atoms with Gasteiger partial charge >= 0.3 is 0 Å². The number of piperidine rings is 1. The molecule has 5 rings (SSSR count). The fourth-order valence-corrected chi connectivity index (χ4v) is 5.83. The van der Waals surface area contributed by atoms with Crippen LogP contribution in [0.3, 0.4) is 0 Å². The molecule has 1 saturated carbocycles. The van der Waals surface area contributed by atoms with Crippen molar-refractivity contribution in [2.45, 2.75) is 63.5 Å². The fraction of sp³-hybridized carbons (Fsp3) is 0.619. The Balaban J connectivity index is 1.67. The van der Waals surface area contributed by atoms with Gasteiger partial charge in [-0.15, -0.1) is 0 Å². The summed E-state index contributed by atoms with van der Waals surface area (Å²) in [6.45, 7) is 3.68. The Morgan fingerprint density at radius 1 is 1.13 bits per heavy atom. The molecule has 0 N–H and O–H groups in total. The lowest BCUT2D eigenvalue weighted by atomic mass is 9.73. The minimum atomic E-state index is 0.712. The van der Waals surface area contributed by atoms with Crippen LogP contribution >= 0.6 is 0 Å². The van der Waals surface area contributed by atoms with Gasteiger partial charge < -0.3 is 9.47 Å². The number of likely N-dealkylation sites (N-methyl/N-ethyl adjacent to an activating group) is 1. The second-order valence-electron chi connectivity index (χ2n) is 8.40. The van der Waals surface area contributed by atoms with Crippen LogP contribution in [-0.2, 0) is 6.42 Å². The summed E-state index contributed by atoms with van der Waals surface area (Å²) in [5.41, 5.74) is 4.78. The van der Waals surface area contributed by atoms with Gasteiger partial charge in [0.1, 0.15) is 0 Å². The lowest BCUT2D eigenvalue weighted by Crippen LogP contribution is -2.47. The minimum absolute atomic E-state index is 0.712. The van der Waals surface area contributed by atoms with Gasteiger partial charge in [0.15, 0.2) is 0 Å². The van der Waals surface area contributed by atoms with Gasteiger partial charge in [-0.25, -0.2) is 0 Å². The number of aromatic nitrogens is 1. The van der Waals surface area contributed by atoms with E-state index < -0.39 is 0 Å². The van der Waals surface area contributed by atoms with Crippen molar-refractivity contribution >= 4 is 10.9 Å². The van der Waals surface area contributed by atoms with Crippen molar-refractivity contribution in [2.75, 3.05) is 13.6 Å². The Kier molecular flexibility index (Phi) is 3.13. The predicted molar refractivity (Wildman–Crippen MR) is 96.1 cm³/mol. The highest BCUT2D eigenvalue weighted by Crippen LogP contribution is 2.46. The van der Waals surface area contributed by atoms with Gasteiger partial charge in [0.05, 0.1) is 0 Å². The van der Waals surface area contributed by atoms with Crippen molar-refractivity contribution < 1.29 is 0 Å². The molecule has 3 aliphatic rings. The Hall–Kier alpha value is -1.28. The summed E-state index contributed by atoms with van der Waals surface area (Å²) in [6, 6.07) is 8.57. The molecule has 3 atom stereocenters. The van der Waals surface area contributed by atoms with Crippen LogP contribution in [0.5, 0.6) is 0 Å². The Morgan fingerprint density at radius 3 is 2.78 bits per heavy atom. The molecular formula is C21H28N2. The molecule has 2 aromatic rings. The Bertz CT molecular complexity index is 738. The maximum Gasteiger partial charge on any atom is 0.0488 e. The molecule has 1 unspecified atom stereocenters. The van der Waals surface area contributed by atoms with Crippen LogP contribution in [0.15, 0.2) is 24.4 Å². The molecule has 2 aliphatic carbocycles. The van der Waals surface area contributed by atoms with Gasteiger partial charge in [0, 0.05) is 41.6 Å². The smallest absolute Gasteiger partial charge is 0.0488 e. The Labute approximate surface area is 139 Å². The molecule has 2 nitrogen and oxygen atoms in total. The van der Waals surface area contributed by atoms with E-state index in [0.717, 1.165) is 17.9 Å². The molecule has 2 heterocycles. The first-order chi connectivity index (χ1) is 11.2. The molecule has 2 fully saturated rings. The normalized spacial score (nSPS) is 31.7. The van der Waals surface area contributed by atoms with Crippen LogP contribution in [0.4, 0.5) is 0 Å². The summed E-state index contributed by atoms with van der Waals surface area (Å²) in [5, 5.41) is 1.61. The third-order valence-corrected chi connectivity index (χ3v) is 6.80. The first-order valence-corrected chi connectivity index (χ1v) is 9.55. The maximum atomic E-state index is 2.64. The number of rotatable bonds is 1. The van der Waals surface area contributed by atoms with Crippen LogP contribution < -0.4 is 0 Å². The van der Waals surface area contributed by atoms with Crippen LogP contribution in [0, 0.1) is 5.92 Å².